The molecular formula is C27H33N5O2. The molecule has 5 aliphatic rings. The Morgan fingerprint density at radius 1 is 1.21 bits per heavy atom. The van der Waals surface area contributed by atoms with Crippen LogP contribution in [0.4, 0.5) is 5.69 Å². The van der Waals surface area contributed by atoms with Gasteiger partial charge in [-0.3, -0.25) is 9.59 Å². The molecule has 4 aliphatic carbocycles. The highest BCUT2D eigenvalue weighted by Crippen LogP contribution is 2.60. The van der Waals surface area contributed by atoms with Crippen LogP contribution in [-0.2, 0) is 16.0 Å². The molecule has 7 nitrogen and oxygen atoms in total. The number of anilines is 1. The van der Waals surface area contributed by atoms with E-state index in [2.05, 4.69) is 16.4 Å². The number of benzene rings is 1. The Bertz CT molecular complexity index is 1140. The zero-order valence-corrected chi connectivity index (χ0v) is 19.6. The Kier molecular flexibility index (Phi) is 5.18. The Morgan fingerprint density at radius 3 is 2.59 bits per heavy atom. The van der Waals surface area contributed by atoms with Crippen molar-refractivity contribution in [3.63, 3.8) is 0 Å². The highest BCUT2D eigenvalue weighted by atomic mass is 16.2. The smallest absolute Gasteiger partial charge is 0.240 e. The number of rotatable bonds is 5. The number of nitriles is 1. The van der Waals surface area contributed by atoms with Crippen LogP contribution in [0.1, 0.15) is 56.9 Å². The minimum Gasteiger partial charge on any atom is -0.361 e. The van der Waals surface area contributed by atoms with Crippen LogP contribution in [0.25, 0.3) is 10.9 Å². The second-order valence-corrected chi connectivity index (χ2v) is 11.4. The fourth-order valence-electron chi connectivity index (χ4n) is 7.78. The molecule has 178 valence electrons. The molecule has 2 atom stereocenters. The van der Waals surface area contributed by atoms with Gasteiger partial charge in [0.2, 0.25) is 11.8 Å². The molecular weight excluding hydrogens is 426 g/mol. The molecule has 2 aromatic rings. The number of aromatic amines is 1. The van der Waals surface area contributed by atoms with Gasteiger partial charge in [0.1, 0.15) is 6.04 Å². The number of nitrogens with zero attached hydrogens (tertiary/aromatic N) is 2. The third kappa shape index (κ3) is 3.60. The number of fused-ring (bicyclic) bond motifs is 1. The largest absolute Gasteiger partial charge is 0.361 e. The summed E-state index contributed by atoms with van der Waals surface area (Å²) in [5, 5.41) is 13.5. The monoisotopic (exact) mass is 459 g/mol. The van der Waals surface area contributed by atoms with Crippen molar-refractivity contribution in [3.05, 3.63) is 30.0 Å². The van der Waals surface area contributed by atoms with Crippen LogP contribution >= 0.6 is 0 Å². The van der Waals surface area contributed by atoms with Gasteiger partial charge >= 0.3 is 0 Å². The molecule has 0 spiro atoms. The topological polar surface area (TPSA) is 115 Å². The zero-order chi connectivity index (χ0) is 23.4. The quantitative estimate of drug-likeness (QED) is 0.632. The van der Waals surface area contributed by atoms with Crippen molar-refractivity contribution in [3.8, 4) is 6.07 Å². The molecule has 7 rings (SSSR count). The van der Waals surface area contributed by atoms with Crippen molar-refractivity contribution < 1.29 is 9.59 Å². The van der Waals surface area contributed by atoms with Crippen LogP contribution in [0.2, 0.25) is 0 Å². The predicted octanol–water partition coefficient (Wildman–Crippen LogP) is 3.71. The van der Waals surface area contributed by atoms with Gasteiger partial charge in [-0.25, -0.2) is 0 Å². The number of hydrogen-bond acceptors (Lipinski definition) is 4. The minimum atomic E-state index is -0.696. The molecule has 2 heterocycles. The summed E-state index contributed by atoms with van der Waals surface area (Å²) in [6.07, 6.45) is 10.9. The van der Waals surface area contributed by atoms with Crippen molar-refractivity contribution in [2.45, 2.75) is 69.9 Å². The number of H-pyrrole nitrogens is 1. The average Bonchev–Trinajstić information content (AvgIpc) is 3.44. The van der Waals surface area contributed by atoms with Crippen LogP contribution < -0.4 is 11.1 Å². The van der Waals surface area contributed by atoms with Crippen molar-refractivity contribution in [2.24, 2.45) is 28.9 Å². The van der Waals surface area contributed by atoms with Gasteiger partial charge in [-0.05, 0) is 99.3 Å². The van der Waals surface area contributed by atoms with Gasteiger partial charge in [0.15, 0.2) is 0 Å². The van der Waals surface area contributed by atoms with E-state index < -0.39 is 6.04 Å². The van der Waals surface area contributed by atoms with Gasteiger partial charge in [-0.1, -0.05) is 0 Å². The van der Waals surface area contributed by atoms with Crippen LogP contribution in [0.3, 0.4) is 0 Å². The summed E-state index contributed by atoms with van der Waals surface area (Å²) in [6.45, 7) is 0.596. The molecule has 7 heteroatoms. The van der Waals surface area contributed by atoms with E-state index in [0.29, 0.717) is 13.0 Å². The minimum absolute atomic E-state index is 0.162. The second kappa shape index (κ2) is 8.13. The van der Waals surface area contributed by atoms with E-state index in [0.717, 1.165) is 72.0 Å². The first-order chi connectivity index (χ1) is 16.4. The van der Waals surface area contributed by atoms with Gasteiger partial charge in [0.05, 0.1) is 17.5 Å². The lowest BCUT2D eigenvalue weighted by Gasteiger charge is -2.55. The summed E-state index contributed by atoms with van der Waals surface area (Å²) in [4.78, 5) is 31.2. The number of amides is 2. The first-order valence-corrected chi connectivity index (χ1v) is 12.8. The van der Waals surface area contributed by atoms with E-state index in [4.69, 9.17) is 5.73 Å². The number of aromatic nitrogens is 1. The van der Waals surface area contributed by atoms with Crippen LogP contribution in [0.5, 0.6) is 0 Å². The summed E-state index contributed by atoms with van der Waals surface area (Å²) >= 11 is 0. The highest BCUT2D eigenvalue weighted by Gasteiger charge is 2.54. The Hall–Kier alpha value is -2.85. The third-order valence-corrected chi connectivity index (χ3v) is 8.99. The van der Waals surface area contributed by atoms with E-state index in [1.54, 1.807) is 4.90 Å². The highest BCUT2D eigenvalue weighted by molar-refractivity contribution is 5.98. The van der Waals surface area contributed by atoms with E-state index in [9.17, 15) is 14.9 Å². The van der Waals surface area contributed by atoms with Crippen molar-refractivity contribution in [1.29, 1.82) is 5.26 Å². The Balaban J connectivity index is 1.18. The number of nitrogens with two attached hydrogens (primary N) is 1. The number of carbonyl (C=O) groups is 2. The SMILES string of the molecule is N#C[C@@H]1CCCN1C(=O)[C@@H](N)Cc1c[nH]c2ccc(NC(=O)C34CC5CC(CC(C5)C3)C4)cc12. The molecule has 4 saturated carbocycles. The van der Waals surface area contributed by atoms with Crippen LogP contribution in [0.15, 0.2) is 24.4 Å². The molecule has 2 amide bonds. The molecule has 5 fully saturated rings. The Labute approximate surface area is 200 Å². The molecule has 34 heavy (non-hydrogen) atoms. The number of hydrogen-bond donors (Lipinski definition) is 3. The maximum absolute atomic E-state index is 13.5. The lowest BCUT2D eigenvalue weighted by Crippen LogP contribution is -2.51. The summed E-state index contributed by atoms with van der Waals surface area (Å²) in [6, 6.07) is 7.09. The third-order valence-electron chi connectivity index (χ3n) is 8.99. The van der Waals surface area contributed by atoms with Gasteiger partial charge in [0.25, 0.3) is 0 Å². The number of carbonyl (C=O) groups excluding carboxylic acids is 2. The fourth-order valence-corrected chi connectivity index (χ4v) is 7.78. The molecule has 1 aliphatic heterocycles. The molecule has 1 aromatic carbocycles. The lowest BCUT2D eigenvalue weighted by molar-refractivity contribution is -0.140. The van der Waals surface area contributed by atoms with Crippen LogP contribution in [-0.4, -0.2) is 40.3 Å². The van der Waals surface area contributed by atoms with Gasteiger partial charge in [-0.15, -0.1) is 0 Å². The lowest BCUT2D eigenvalue weighted by atomic mass is 9.49. The summed E-state index contributed by atoms with van der Waals surface area (Å²) in [5.74, 6) is 2.21. The maximum atomic E-state index is 13.5. The van der Waals surface area contributed by atoms with E-state index in [1.807, 2.05) is 24.4 Å². The standard InChI is InChI=1S/C27H33N5O2/c28-14-21-2-1-5-32(21)25(33)23(29)9-19-15-30-24-4-3-20(10-22(19)24)31-26(34)27-11-16-6-17(12-27)8-18(7-16)13-27/h3-4,10,15-18,21,23,30H,1-2,5-9,11-13,29H2,(H,31,34)/t16?,17?,18?,21-,23-,27?/m0/s1. The molecule has 0 unspecified atom stereocenters. The van der Waals surface area contributed by atoms with Gasteiger partial charge < -0.3 is 20.9 Å². The van der Waals surface area contributed by atoms with Crippen molar-refractivity contribution in [1.82, 2.24) is 9.88 Å². The van der Waals surface area contributed by atoms with E-state index in [1.165, 1.54) is 19.3 Å². The van der Waals surface area contributed by atoms with E-state index in [-0.39, 0.29) is 23.3 Å². The second-order valence-electron chi connectivity index (χ2n) is 11.4. The van der Waals surface area contributed by atoms with Crippen molar-refractivity contribution >= 4 is 28.4 Å². The predicted molar refractivity (Wildman–Crippen MR) is 130 cm³/mol. The normalized spacial score (nSPS) is 32.6. The zero-order valence-electron chi connectivity index (χ0n) is 19.6. The van der Waals surface area contributed by atoms with Crippen molar-refractivity contribution in [2.75, 3.05) is 11.9 Å². The molecule has 1 saturated heterocycles. The Morgan fingerprint density at radius 2 is 1.91 bits per heavy atom. The maximum Gasteiger partial charge on any atom is 0.240 e. The fraction of sp³-hybridized carbons (Fsp3) is 0.593. The average molecular weight is 460 g/mol. The van der Waals surface area contributed by atoms with E-state index >= 15 is 0 Å². The number of nitrogens with one attached hydrogen (secondary N) is 2. The molecule has 0 radical (unpaired) electrons. The summed E-state index contributed by atoms with van der Waals surface area (Å²) in [5.41, 5.74) is 8.83. The first kappa shape index (κ1) is 21.7. The first-order valence-electron chi connectivity index (χ1n) is 12.8. The summed E-state index contributed by atoms with van der Waals surface area (Å²) in [7, 11) is 0. The van der Waals surface area contributed by atoms with Crippen LogP contribution in [0, 0.1) is 34.5 Å². The van der Waals surface area contributed by atoms with Gasteiger partial charge in [0, 0.05) is 29.3 Å². The molecule has 4 bridgehead atoms. The molecule has 4 N–H and O–H groups in total. The van der Waals surface area contributed by atoms with Gasteiger partial charge in [-0.2, -0.15) is 5.26 Å². The summed E-state index contributed by atoms with van der Waals surface area (Å²) < 4.78 is 0. The number of likely N-dealkylation sites (tertiary alicyclic amines) is 1. The molecule has 1 aromatic heterocycles.